The van der Waals surface area contributed by atoms with Crippen LogP contribution in [0.2, 0.25) is 5.02 Å². The molecule has 0 atom stereocenters. The van der Waals surface area contributed by atoms with Crippen molar-refractivity contribution < 1.29 is 8.78 Å². The highest BCUT2D eigenvalue weighted by Gasteiger charge is 2.12. The Hall–Kier alpha value is -1.69. The van der Waals surface area contributed by atoms with Crippen molar-refractivity contribution in [3.05, 3.63) is 33.9 Å². The van der Waals surface area contributed by atoms with Gasteiger partial charge in [-0.1, -0.05) is 11.6 Å². The molecule has 0 fully saturated rings. The molecule has 0 saturated carbocycles. The van der Waals surface area contributed by atoms with Crippen LogP contribution in [-0.2, 0) is 0 Å². The van der Waals surface area contributed by atoms with Gasteiger partial charge in [0.2, 0.25) is 5.96 Å². The van der Waals surface area contributed by atoms with E-state index in [-0.39, 0.29) is 22.1 Å². The predicted molar refractivity (Wildman–Crippen MR) is 59.5 cm³/mol. The minimum atomic E-state index is -0.792. The van der Waals surface area contributed by atoms with Crippen molar-refractivity contribution in [1.29, 1.82) is 0 Å². The normalized spacial score (nSPS) is 10.8. The van der Waals surface area contributed by atoms with Gasteiger partial charge in [0.1, 0.15) is 11.6 Å². The number of guanidine groups is 1. The van der Waals surface area contributed by atoms with E-state index in [1.807, 2.05) is 0 Å². The van der Waals surface area contributed by atoms with Crippen molar-refractivity contribution in [1.82, 2.24) is 0 Å². The molecule has 0 unspecified atom stereocenters. The molecule has 0 aliphatic rings. The molecule has 0 radical (unpaired) electrons. The average Bonchev–Trinajstić information content (AvgIpc) is 2.19. The summed E-state index contributed by atoms with van der Waals surface area (Å²) in [6.45, 7) is 1.29. The quantitative estimate of drug-likeness (QED) is 0.472. The number of hydrogen-bond donors (Lipinski definition) is 2. The van der Waals surface area contributed by atoms with Gasteiger partial charge in [0, 0.05) is 11.1 Å². The van der Waals surface area contributed by atoms with E-state index < -0.39 is 11.6 Å². The summed E-state index contributed by atoms with van der Waals surface area (Å²) in [5.41, 5.74) is 9.82. The lowest BCUT2D eigenvalue weighted by atomic mass is 10.1. The van der Waals surface area contributed by atoms with Gasteiger partial charge in [0.05, 0.1) is 11.2 Å². The topological polar surface area (TPSA) is 76.8 Å². The molecular weight excluding hydrogens is 238 g/mol. The highest BCUT2D eigenvalue weighted by atomic mass is 35.5. The zero-order chi connectivity index (χ0) is 12.3. The first-order valence-corrected chi connectivity index (χ1v) is 4.57. The fourth-order valence-corrected chi connectivity index (χ4v) is 1.21. The molecule has 0 aliphatic heterocycles. The summed E-state index contributed by atoms with van der Waals surface area (Å²) in [6.07, 6.45) is 1.02. The Bertz CT molecular complexity index is 467. The number of benzene rings is 1. The fourth-order valence-electron chi connectivity index (χ4n) is 0.981. The van der Waals surface area contributed by atoms with Gasteiger partial charge in [0.25, 0.3) is 0 Å². The molecule has 0 aromatic heterocycles. The molecule has 0 spiro atoms. The summed E-state index contributed by atoms with van der Waals surface area (Å²) in [7, 11) is 0. The Balaban J connectivity index is 3.20. The Morgan fingerprint density at radius 3 is 2.62 bits per heavy atom. The maximum Gasteiger partial charge on any atom is 0.211 e. The van der Waals surface area contributed by atoms with Gasteiger partial charge < -0.3 is 11.5 Å². The molecule has 0 amide bonds. The van der Waals surface area contributed by atoms with Gasteiger partial charge in [0.15, 0.2) is 0 Å². The Morgan fingerprint density at radius 1 is 1.44 bits per heavy atom. The standard InChI is InChI=1S/C9H9ClF2N4/c1-4-7(11)2-6(10)5(8(4)12)3-15-16-9(13)14/h2-3H,1H3,(H4,13,14,16). The first kappa shape index (κ1) is 12.4. The van der Waals surface area contributed by atoms with Crippen molar-refractivity contribution in [2.45, 2.75) is 6.92 Å². The summed E-state index contributed by atoms with van der Waals surface area (Å²) in [6, 6.07) is 0.997. The largest absolute Gasteiger partial charge is 0.369 e. The first-order chi connectivity index (χ1) is 7.43. The molecule has 1 aromatic carbocycles. The second-order valence-electron chi connectivity index (χ2n) is 2.96. The molecule has 7 heteroatoms. The van der Waals surface area contributed by atoms with Gasteiger partial charge in [-0.25, -0.2) is 8.78 Å². The monoisotopic (exact) mass is 246 g/mol. The molecule has 4 N–H and O–H groups in total. The van der Waals surface area contributed by atoms with Crippen LogP contribution in [0.4, 0.5) is 8.78 Å². The third-order valence-electron chi connectivity index (χ3n) is 1.79. The van der Waals surface area contributed by atoms with E-state index in [1.54, 1.807) is 0 Å². The number of nitrogens with zero attached hydrogens (tertiary/aromatic N) is 2. The summed E-state index contributed by atoms with van der Waals surface area (Å²) in [5.74, 6) is -1.78. The third-order valence-corrected chi connectivity index (χ3v) is 2.11. The van der Waals surface area contributed by atoms with Crippen LogP contribution in [0.15, 0.2) is 16.3 Å². The second-order valence-corrected chi connectivity index (χ2v) is 3.37. The molecule has 1 rings (SSSR count). The van der Waals surface area contributed by atoms with Crippen molar-refractivity contribution in [3.8, 4) is 0 Å². The van der Waals surface area contributed by atoms with Crippen LogP contribution in [0, 0.1) is 18.6 Å². The van der Waals surface area contributed by atoms with Gasteiger partial charge in [-0.05, 0) is 13.0 Å². The van der Waals surface area contributed by atoms with Crippen LogP contribution in [-0.4, -0.2) is 12.2 Å². The van der Waals surface area contributed by atoms with Gasteiger partial charge in [-0.3, -0.25) is 0 Å². The molecule has 16 heavy (non-hydrogen) atoms. The van der Waals surface area contributed by atoms with Gasteiger partial charge >= 0.3 is 0 Å². The molecule has 4 nitrogen and oxygen atoms in total. The number of hydrogen-bond acceptors (Lipinski definition) is 2. The van der Waals surface area contributed by atoms with Gasteiger partial charge in [-0.2, -0.15) is 5.10 Å². The van der Waals surface area contributed by atoms with E-state index in [0.29, 0.717) is 0 Å². The lowest BCUT2D eigenvalue weighted by Crippen LogP contribution is -2.21. The summed E-state index contributed by atoms with van der Waals surface area (Å²) < 4.78 is 26.6. The molecule has 86 valence electrons. The average molecular weight is 247 g/mol. The van der Waals surface area contributed by atoms with E-state index in [2.05, 4.69) is 10.2 Å². The molecule has 1 aromatic rings. The number of nitrogens with two attached hydrogens (primary N) is 2. The van der Waals surface area contributed by atoms with Gasteiger partial charge in [-0.15, -0.1) is 5.10 Å². The van der Waals surface area contributed by atoms with Crippen LogP contribution in [0.5, 0.6) is 0 Å². The predicted octanol–water partition coefficient (Wildman–Crippen LogP) is 1.53. The second kappa shape index (κ2) is 4.89. The van der Waals surface area contributed by atoms with E-state index in [4.69, 9.17) is 23.1 Å². The summed E-state index contributed by atoms with van der Waals surface area (Å²) in [5, 5.41) is 6.57. The minimum Gasteiger partial charge on any atom is -0.369 e. The summed E-state index contributed by atoms with van der Waals surface area (Å²) in [4.78, 5) is 0. The number of halogens is 3. The fraction of sp³-hybridized carbons (Fsp3) is 0.111. The maximum absolute atomic E-state index is 13.5. The van der Waals surface area contributed by atoms with E-state index >= 15 is 0 Å². The van der Waals surface area contributed by atoms with E-state index in [1.165, 1.54) is 6.92 Å². The lowest BCUT2D eigenvalue weighted by Gasteiger charge is -2.04. The molecule has 0 saturated heterocycles. The van der Waals surface area contributed by atoms with Crippen LogP contribution in [0.3, 0.4) is 0 Å². The maximum atomic E-state index is 13.5. The van der Waals surface area contributed by atoms with Crippen LogP contribution in [0.25, 0.3) is 0 Å². The molecule has 0 heterocycles. The highest BCUT2D eigenvalue weighted by molar-refractivity contribution is 6.33. The Morgan fingerprint density at radius 2 is 2.06 bits per heavy atom. The highest BCUT2D eigenvalue weighted by Crippen LogP contribution is 2.23. The third kappa shape index (κ3) is 2.66. The molecule has 0 aliphatic carbocycles. The van der Waals surface area contributed by atoms with Crippen molar-refractivity contribution in [2.24, 2.45) is 21.7 Å². The Kier molecular flexibility index (Phi) is 3.78. The number of rotatable bonds is 2. The van der Waals surface area contributed by atoms with E-state index in [0.717, 1.165) is 12.3 Å². The van der Waals surface area contributed by atoms with Crippen LogP contribution < -0.4 is 11.5 Å². The van der Waals surface area contributed by atoms with Crippen molar-refractivity contribution in [3.63, 3.8) is 0 Å². The van der Waals surface area contributed by atoms with E-state index in [9.17, 15) is 8.78 Å². The van der Waals surface area contributed by atoms with Crippen molar-refractivity contribution in [2.75, 3.05) is 0 Å². The smallest absolute Gasteiger partial charge is 0.211 e. The lowest BCUT2D eigenvalue weighted by molar-refractivity contribution is 0.567. The van der Waals surface area contributed by atoms with Crippen LogP contribution in [0.1, 0.15) is 11.1 Å². The molecular formula is C9H9ClF2N4. The SMILES string of the molecule is Cc1c(F)cc(Cl)c(C=NN=C(N)N)c1F. The first-order valence-electron chi connectivity index (χ1n) is 4.19. The minimum absolute atomic E-state index is 0.0643. The Labute approximate surface area is 95.6 Å². The zero-order valence-corrected chi connectivity index (χ0v) is 9.09. The molecule has 0 bridgehead atoms. The summed E-state index contributed by atoms with van der Waals surface area (Å²) >= 11 is 5.64. The van der Waals surface area contributed by atoms with Crippen LogP contribution >= 0.6 is 11.6 Å². The zero-order valence-electron chi connectivity index (χ0n) is 8.34. The van der Waals surface area contributed by atoms with Crippen molar-refractivity contribution >= 4 is 23.8 Å².